The number of nitrogens with zero attached hydrogens (tertiary/aromatic N) is 2. The Morgan fingerprint density at radius 2 is 2.00 bits per heavy atom. The van der Waals surface area contributed by atoms with Crippen LogP contribution in [0.4, 0.5) is 0 Å². The van der Waals surface area contributed by atoms with Crippen molar-refractivity contribution in [3.05, 3.63) is 62.5 Å². The summed E-state index contributed by atoms with van der Waals surface area (Å²) in [6.07, 6.45) is 4.78. The first-order chi connectivity index (χ1) is 16.0. The molecule has 0 unspecified atom stereocenters. The normalized spacial score (nSPS) is 14.8. The van der Waals surface area contributed by atoms with Crippen LogP contribution in [0.25, 0.3) is 10.2 Å². The van der Waals surface area contributed by atoms with Gasteiger partial charge in [-0.3, -0.25) is 9.69 Å². The van der Waals surface area contributed by atoms with Gasteiger partial charge in [-0.15, -0.1) is 11.3 Å². The number of nitrogens with one attached hydrogen (secondary N) is 1. The minimum atomic E-state index is -0.606. The van der Waals surface area contributed by atoms with Crippen molar-refractivity contribution >= 4 is 21.6 Å². The van der Waals surface area contributed by atoms with Gasteiger partial charge in [0.25, 0.3) is 5.56 Å². The van der Waals surface area contributed by atoms with E-state index in [4.69, 9.17) is 9.72 Å². The summed E-state index contributed by atoms with van der Waals surface area (Å²) < 4.78 is 5.73. The predicted molar refractivity (Wildman–Crippen MR) is 134 cm³/mol. The maximum Gasteiger partial charge on any atom is 0.259 e. The van der Waals surface area contributed by atoms with Gasteiger partial charge in [-0.25, -0.2) is 4.98 Å². The van der Waals surface area contributed by atoms with E-state index in [1.807, 2.05) is 30.3 Å². The summed E-state index contributed by atoms with van der Waals surface area (Å²) in [6, 6.07) is 9.98. The van der Waals surface area contributed by atoms with E-state index in [-0.39, 0.29) is 12.2 Å². The molecule has 0 bridgehead atoms. The molecule has 0 amide bonds. The van der Waals surface area contributed by atoms with Crippen molar-refractivity contribution in [2.75, 3.05) is 19.7 Å². The highest BCUT2D eigenvalue weighted by molar-refractivity contribution is 7.18. The number of fused-ring (bicyclic) bond motifs is 3. The lowest BCUT2D eigenvalue weighted by atomic mass is 9.97. The zero-order chi connectivity index (χ0) is 23.2. The Labute approximate surface area is 199 Å². The van der Waals surface area contributed by atoms with E-state index >= 15 is 0 Å². The number of hydrogen-bond donors (Lipinski definition) is 2. The molecule has 4 rings (SSSR count). The van der Waals surface area contributed by atoms with Gasteiger partial charge >= 0.3 is 0 Å². The van der Waals surface area contributed by atoms with Gasteiger partial charge in [-0.05, 0) is 55.7 Å². The van der Waals surface area contributed by atoms with E-state index in [0.29, 0.717) is 31.4 Å². The standard InChI is InChI=1S/C26H35N3O3S/c1-18(2)12-13-29(14-20(30)17-32-16-19-8-4-3-5-9-19)15-23-27-25(31)24-21-10-6-7-11-22(21)33-26(24)28-23/h3-5,8-9,18,20,30H,6-7,10-17H2,1-2H3,(H,27,28,31)/t20-/m1/s1. The molecule has 1 aromatic carbocycles. The molecule has 7 heteroatoms. The van der Waals surface area contributed by atoms with Gasteiger partial charge in [0.15, 0.2) is 0 Å². The number of benzene rings is 1. The highest BCUT2D eigenvalue weighted by atomic mass is 32.1. The van der Waals surface area contributed by atoms with E-state index in [0.717, 1.165) is 48.0 Å². The molecule has 1 aliphatic carbocycles. The van der Waals surface area contributed by atoms with Crippen LogP contribution in [-0.2, 0) is 30.7 Å². The van der Waals surface area contributed by atoms with Gasteiger partial charge in [0.1, 0.15) is 10.7 Å². The second-order valence-corrected chi connectivity index (χ2v) is 10.6. The SMILES string of the molecule is CC(C)CCN(Cc1nc2sc3c(c2c(=O)[nH]1)CCCC3)C[C@@H](O)COCc1ccccc1. The first kappa shape index (κ1) is 24.1. The van der Waals surface area contributed by atoms with Crippen molar-refractivity contribution < 1.29 is 9.84 Å². The summed E-state index contributed by atoms with van der Waals surface area (Å²) in [6.45, 7) is 6.96. The van der Waals surface area contributed by atoms with Crippen molar-refractivity contribution in [1.82, 2.24) is 14.9 Å². The largest absolute Gasteiger partial charge is 0.389 e. The minimum absolute atomic E-state index is 0.0232. The van der Waals surface area contributed by atoms with Crippen molar-refractivity contribution in [3.63, 3.8) is 0 Å². The van der Waals surface area contributed by atoms with E-state index in [1.165, 1.54) is 16.9 Å². The monoisotopic (exact) mass is 469 g/mol. The zero-order valence-corrected chi connectivity index (χ0v) is 20.5. The fourth-order valence-electron chi connectivity index (χ4n) is 4.41. The molecule has 0 fully saturated rings. The average molecular weight is 470 g/mol. The van der Waals surface area contributed by atoms with Gasteiger partial charge in [0.2, 0.25) is 0 Å². The highest BCUT2D eigenvalue weighted by Crippen LogP contribution is 2.33. The number of aromatic nitrogens is 2. The quantitative estimate of drug-likeness (QED) is 0.438. The fourth-order valence-corrected chi connectivity index (χ4v) is 5.69. The summed E-state index contributed by atoms with van der Waals surface area (Å²) in [5.74, 6) is 1.23. The molecular weight excluding hydrogens is 434 g/mol. The average Bonchev–Trinajstić information content (AvgIpc) is 3.17. The van der Waals surface area contributed by atoms with Crippen LogP contribution in [-0.4, -0.2) is 45.8 Å². The Kier molecular flexibility index (Phi) is 8.30. The second-order valence-electron chi connectivity index (χ2n) is 9.48. The predicted octanol–water partition coefficient (Wildman–Crippen LogP) is 4.29. The Balaban J connectivity index is 1.42. The Bertz CT molecular complexity index is 1090. The number of aliphatic hydroxyl groups excluding tert-OH is 1. The molecule has 1 aliphatic rings. The Morgan fingerprint density at radius 3 is 2.79 bits per heavy atom. The van der Waals surface area contributed by atoms with Crippen LogP contribution in [0.15, 0.2) is 35.1 Å². The fraction of sp³-hybridized carbons (Fsp3) is 0.538. The Morgan fingerprint density at radius 1 is 1.21 bits per heavy atom. The van der Waals surface area contributed by atoms with E-state index < -0.39 is 6.10 Å². The first-order valence-corrected chi connectivity index (χ1v) is 12.9. The van der Waals surface area contributed by atoms with Gasteiger partial charge in [0.05, 0.1) is 31.2 Å². The number of H-pyrrole nitrogens is 1. The molecule has 2 heterocycles. The number of aryl methyl sites for hydroxylation is 2. The van der Waals surface area contributed by atoms with Crippen LogP contribution in [0.3, 0.4) is 0 Å². The number of rotatable bonds is 11. The van der Waals surface area contributed by atoms with Crippen LogP contribution < -0.4 is 5.56 Å². The molecule has 0 saturated heterocycles. The third-order valence-corrected chi connectivity index (χ3v) is 7.35. The van der Waals surface area contributed by atoms with Crippen molar-refractivity contribution in [2.45, 2.75) is 65.2 Å². The van der Waals surface area contributed by atoms with Crippen LogP contribution in [0.1, 0.15) is 54.9 Å². The lowest BCUT2D eigenvalue weighted by Crippen LogP contribution is -2.36. The molecule has 0 saturated carbocycles. The van der Waals surface area contributed by atoms with Crippen LogP contribution in [0, 0.1) is 5.92 Å². The second kappa shape index (κ2) is 11.4. The van der Waals surface area contributed by atoms with Crippen molar-refractivity contribution in [2.24, 2.45) is 5.92 Å². The van der Waals surface area contributed by atoms with E-state index in [2.05, 4.69) is 23.7 Å². The van der Waals surface area contributed by atoms with Crippen LogP contribution in [0.2, 0.25) is 0 Å². The summed E-state index contributed by atoms with van der Waals surface area (Å²) in [5.41, 5.74) is 2.28. The molecular formula is C26H35N3O3S. The summed E-state index contributed by atoms with van der Waals surface area (Å²) in [5, 5.41) is 11.4. The van der Waals surface area contributed by atoms with Gasteiger partial charge in [-0.1, -0.05) is 44.2 Å². The molecule has 2 aromatic heterocycles. The highest BCUT2D eigenvalue weighted by Gasteiger charge is 2.21. The molecule has 0 radical (unpaired) electrons. The molecule has 33 heavy (non-hydrogen) atoms. The molecule has 178 valence electrons. The minimum Gasteiger partial charge on any atom is -0.389 e. The van der Waals surface area contributed by atoms with Crippen molar-refractivity contribution in [3.8, 4) is 0 Å². The van der Waals surface area contributed by atoms with E-state index in [9.17, 15) is 9.90 Å². The maximum absolute atomic E-state index is 12.9. The third-order valence-electron chi connectivity index (χ3n) is 6.16. The third kappa shape index (κ3) is 6.51. The summed E-state index contributed by atoms with van der Waals surface area (Å²) >= 11 is 1.68. The lowest BCUT2D eigenvalue weighted by Gasteiger charge is -2.25. The van der Waals surface area contributed by atoms with Crippen LogP contribution >= 0.6 is 11.3 Å². The van der Waals surface area contributed by atoms with Crippen LogP contribution in [0.5, 0.6) is 0 Å². The van der Waals surface area contributed by atoms with Crippen molar-refractivity contribution in [1.29, 1.82) is 0 Å². The first-order valence-electron chi connectivity index (χ1n) is 12.0. The number of ether oxygens (including phenoxy) is 1. The maximum atomic E-state index is 12.9. The molecule has 0 aliphatic heterocycles. The smallest absolute Gasteiger partial charge is 0.259 e. The van der Waals surface area contributed by atoms with Gasteiger partial charge < -0.3 is 14.8 Å². The number of aliphatic hydroxyl groups is 1. The molecule has 1 atom stereocenters. The molecule has 0 spiro atoms. The summed E-state index contributed by atoms with van der Waals surface area (Å²) in [7, 11) is 0. The number of thiophene rings is 1. The summed E-state index contributed by atoms with van der Waals surface area (Å²) in [4.78, 5) is 25.1. The lowest BCUT2D eigenvalue weighted by molar-refractivity contribution is 0.00751. The molecule has 3 aromatic rings. The number of hydrogen-bond acceptors (Lipinski definition) is 6. The zero-order valence-electron chi connectivity index (χ0n) is 19.7. The number of aromatic amines is 1. The Hall–Kier alpha value is -2.06. The molecule has 2 N–H and O–H groups in total. The van der Waals surface area contributed by atoms with E-state index in [1.54, 1.807) is 11.3 Å². The van der Waals surface area contributed by atoms with Gasteiger partial charge in [0, 0.05) is 11.4 Å². The topological polar surface area (TPSA) is 78.5 Å². The molecule has 6 nitrogen and oxygen atoms in total. The van der Waals surface area contributed by atoms with Gasteiger partial charge in [-0.2, -0.15) is 0 Å².